The van der Waals surface area contributed by atoms with Gasteiger partial charge in [0.2, 0.25) is 5.91 Å². The third-order valence-electron chi connectivity index (χ3n) is 6.36. The number of anilines is 1. The molecule has 5 aromatic rings. The Balaban J connectivity index is 1.36. The van der Waals surface area contributed by atoms with Crippen LogP contribution in [0.4, 0.5) is 5.69 Å². The largest absolute Gasteiger partial charge is 0.409 e. The van der Waals surface area contributed by atoms with Gasteiger partial charge in [-0.2, -0.15) is 5.10 Å². The molecule has 0 unspecified atom stereocenters. The van der Waals surface area contributed by atoms with Crippen LogP contribution in [-0.4, -0.2) is 31.6 Å². The molecule has 38 heavy (non-hydrogen) atoms. The number of thioether (sulfide) groups is 1. The number of fused-ring (bicyclic) bond motifs is 1. The first-order valence-electron chi connectivity index (χ1n) is 12.4. The van der Waals surface area contributed by atoms with Crippen molar-refractivity contribution in [2.75, 3.05) is 11.1 Å². The molecule has 9 heteroatoms. The van der Waals surface area contributed by atoms with E-state index in [9.17, 15) is 9.59 Å². The molecule has 0 spiro atoms. The van der Waals surface area contributed by atoms with E-state index in [1.807, 2.05) is 72.8 Å². The molecule has 1 amide bonds. The Morgan fingerprint density at radius 1 is 0.974 bits per heavy atom. The topological polar surface area (TPSA) is 103 Å². The van der Waals surface area contributed by atoms with Gasteiger partial charge in [-0.15, -0.1) is 10.2 Å². The SMILES string of the molecule is CC[C@@H](C)c1ccccc1NC(=O)CSc1nnc(-c2nn(Cc3ccccc3)c(=O)c3ccccc23)o1. The van der Waals surface area contributed by atoms with Gasteiger partial charge in [-0.1, -0.05) is 92.3 Å². The van der Waals surface area contributed by atoms with E-state index in [1.54, 1.807) is 6.07 Å². The van der Waals surface area contributed by atoms with Gasteiger partial charge in [-0.25, -0.2) is 4.68 Å². The van der Waals surface area contributed by atoms with Crippen LogP contribution in [-0.2, 0) is 11.3 Å². The van der Waals surface area contributed by atoms with Crippen LogP contribution in [0.5, 0.6) is 0 Å². The summed E-state index contributed by atoms with van der Waals surface area (Å²) in [5, 5.41) is 17.3. The van der Waals surface area contributed by atoms with Gasteiger partial charge in [0, 0.05) is 11.1 Å². The van der Waals surface area contributed by atoms with E-state index in [2.05, 4.69) is 34.5 Å². The number of nitrogens with one attached hydrogen (secondary N) is 1. The van der Waals surface area contributed by atoms with E-state index in [4.69, 9.17) is 4.42 Å². The number of para-hydroxylation sites is 1. The van der Waals surface area contributed by atoms with Gasteiger partial charge in [0.15, 0.2) is 5.69 Å². The molecule has 192 valence electrons. The van der Waals surface area contributed by atoms with Gasteiger partial charge in [0.25, 0.3) is 16.7 Å². The second kappa shape index (κ2) is 11.4. The zero-order valence-corrected chi connectivity index (χ0v) is 21.9. The van der Waals surface area contributed by atoms with Crippen LogP contribution in [0, 0.1) is 0 Å². The van der Waals surface area contributed by atoms with Crippen LogP contribution in [0.2, 0.25) is 0 Å². The molecule has 8 nitrogen and oxygen atoms in total. The minimum Gasteiger partial charge on any atom is -0.409 e. The molecule has 0 bridgehead atoms. The van der Waals surface area contributed by atoms with Crippen molar-refractivity contribution in [2.45, 2.75) is 38.0 Å². The molecule has 0 fully saturated rings. The van der Waals surface area contributed by atoms with Crippen LogP contribution in [0.3, 0.4) is 0 Å². The van der Waals surface area contributed by atoms with Crippen molar-refractivity contribution in [2.24, 2.45) is 0 Å². The van der Waals surface area contributed by atoms with E-state index in [0.29, 0.717) is 28.9 Å². The van der Waals surface area contributed by atoms with Crippen molar-refractivity contribution in [3.63, 3.8) is 0 Å². The Kier molecular flexibility index (Phi) is 7.65. The lowest BCUT2D eigenvalue weighted by Gasteiger charge is -2.15. The Bertz CT molecular complexity index is 1630. The highest BCUT2D eigenvalue weighted by molar-refractivity contribution is 7.99. The van der Waals surface area contributed by atoms with Crippen LogP contribution in [0.15, 0.2) is 93.3 Å². The van der Waals surface area contributed by atoms with Crippen molar-refractivity contribution in [3.05, 3.63) is 100 Å². The van der Waals surface area contributed by atoms with E-state index in [-0.39, 0.29) is 28.3 Å². The summed E-state index contributed by atoms with van der Waals surface area (Å²) in [5.41, 5.74) is 3.09. The van der Waals surface area contributed by atoms with E-state index >= 15 is 0 Å². The minimum absolute atomic E-state index is 0.109. The quantitative estimate of drug-likeness (QED) is 0.245. The van der Waals surface area contributed by atoms with Gasteiger partial charge in [0.1, 0.15) is 0 Å². The highest BCUT2D eigenvalue weighted by atomic mass is 32.2. The number of aromatic nitrogens is 4. The lowest BCUT2D eigenvalue weighted by atomic mass is 9.97. The predicted octanol–water partition coefficient (Wildman–Crippen LogP) is 5.74. The second-order valence-electron chi connectivity index (χ2n) is 8.95. The Morgan fingerprint density at radius 3 is 2.47 bits per heavy atom. The monoisotopic (exact) mass is 525 g/mol. The molecule has 0 aliphatic carbocycles. The number of carbonyl (C=O) groups excluding carboxylic acids is 1. The van der Waals surface area contributed by atoms with Gasteiger partial charge in [-0.05, 0) is 35.6 Å². The maximum atomic E-state index is 13.1. The Hall–Kier alpha value is -4.24. The summed E-state index contributed by atoms with van der Waals surface area (Å²) in [6.07, 6.45) is 0.980. The van der Waals surface area contributed by atoms with Gasteiger partial charge in [-0.3, -0.25) is 9.59 Å². The van der Waals surface area contributed by atoms with Gasteiger partial charge >= 0.3 is 0 Å². The number of nitrogens with zero attached hydrogens (tertiary/aromatic N) is 4. The third-order valence-corrected chi connectivity index (χ3v) is 7.18. The zero-order chi connectivity index (χ0) is 26.5. The summed E-state index contributed by atoms with van der Waals surface area (Å²) in [6.45, 7) is 4.57. The normalized spacial score (nSPS) is 11.9. The second-order valence-corrected chi connectivity index (χ2v) is 9.88. The lowest BCUT2D eigenvalue weighted by Crippen LogP contribution is -2.24. The zero-order valence-electron chi connectivity index (χ0n) is 21.1. The average Bonchev–Trinajstić information content (AvgIpc) is 3.43. The summed E-state index contributed by atoms with van der Waals surface area (Å²) in [7, 11) is 0. The molecule has 3 aromatic carbocycles. The highest BCUT2D eigenvalue weighted by Crippen LogP contribution is 2.28. The molecular weight excluding hydrogens is 498 g/mol. The van der Waals surface area contributed by atoms with Crippen LogP contribution in [0.25, 0.3) is 22.4 Å². The molecule has 0 saturated heterocycles. The fourth-order valence-electron chi connectivity index (χ4n) is 4.19. The fourth-order valence-corrected chi connectivity index (χ4v) is 4.76. The molecule has 0 saturated carbocycles. The van der Waals surface area contributed by atoms with Crippen molar-refractivity contribution >= 4 is 34.1 Å². The van der Waals surface area contributed by atoms with Gasteiger partial charge in [0.05, 0.1) is 17.7 Å². The molecule has 0 aliphatic rings. The summed E-state index contributed by atoms with van der Waals surface area (Å²) >= 11 is 1.15. The van der Waals surface area contributed by atoms with Crippen molar-refractivity contribution in [1.29, 1.82) is 0 Å². The van der Waals surface area contributed by atoms with E-state index < -0.39 is 0 Å². The molecule has 0 aliphatic heterocycles. The smallest absolute Gasteiger partial charge is 0.277 e. The molecule has 1 N–H and O–H groups in total. The molecule has 5 rings (SSSR count). The average molecular weight is 526 g/mol. The Labute approximate surface area is 224 Å². The molecule has 1 atom stereocenters. The van der Waals surface area contributed by atoms with Crippen molar-refractivity contribution < 1.29 is 9.21 Å². The van der Waals surface area contributed by atoms with E-state index in [1.165, 1.54) is 4.68 Å². The summed E-state index contributed by atoms with van der Waals surface area (Å²) < 4.78 is 7.29. The van der Waals surface area contributed by atoms with Crippen LogP contribution >= 0.6 is 11.8 Å². The number of carbonyl (C=O) groups is 1. The molecule has 0 radical (unpaired) electrons. The number of hydrogen-bond donors (Lipinski definition) is 1. The predicted molar refractivity (Wildman–Crippen MR) is 149 cm³/mol. The number of benzene rings is 3. The summed E-state index contributed by atoms with van der Waals surface area (Å²) in [4.78, 5) is 25.8. The van der Waals surface area contributed by atoms with Crippen LogP contribution in [0.1, 0.15) is 37.3 Å². The first-order valence-corrected chi connectivity index (χ1v) is 13.4. The minimum atomic E-state index is -0.198. The molecule has 2 aromatic heterocycles. The number of rotatable bonds is 9. The highest BCUT2D eigenvalue weighted by Gasteiger charge is 2.19. The maximum Gasteiger partial charge on any atom is 0.277 e. The van der Waals surface area contributed by atoms with Crippen LogP contribution < -0.4 is 10.9 Å². The first-order chi connectivity index (χ1) is 18.5. The maximum absolute atomic E-state index is 13.1. The molecule has 2 heterocycles. The van der Waals surface area contributed by atoms with E-state index in [0.717, 1.165) is 35.0 Å². The number of hydrogen-bond acceptors (Lipinski definition) is 7. The Morgan fingerprint density at radius 2 is 1.68 bits per heavy atom. The standard InChI is InChI=1S/C29H27N5O3S/c1-3-19(2)21-13-9-10-16-24(21)30-25(35)18-38-29-32-31-27(37-29)26-22-14-7-8-15-23(22)28(36)34(33-26)17-20-11-5-4-6-12-20/h4-16,19H,3,17-18H2,1-2H3,(H,30,35)/t19-/m1/s1. The lowest BCUT2D eigenvalue weighted by molar-refractivity contribution is -0.113. The first kappa shape index (κ1) is 25.4. The van der Waals surface area contributed by atoms with Crippen molar-refractivity contribution in [1.82, 2.24) is 20.0 Å². The molecular formula is C29H27N5O3S. The third kappa shape index (κ3) is 5.52. The number of amides is 1. The summed E-state index contributed by atoms with van der Waals surface area (Å²) in [6, 6.07) is 24.7. The summed E-state index contributed by atoms with van der Waals surface area (Å²) in [5.74, 6) is 0.474. The fraction of sp³-hybridized carbons (Fsp3) is 0.207. The van der Waals surface area contributed by atoms with Gasteiger partial charge < -0.3 is 9.73 Å². The van der Waals surface area contributed by atoms with Crippen molar-refractivity contribution in [3.8, 4) is 11.6 Å².